The molecular formula is C12H21N3S. The van der Waals surface area contributed by atoms with Crippen LogP contribution in [0, 0.1) is 0 Å². The fourth-order valence-corrected chi connectivity index (χ4v) is 1.83. The Morgan fingerprint density at radius 1 is 1.31 bits per heavy atom. The standard InChI is InChI=1S/C12H21N3S/c1-4-5-13-6-11-7-14-12(15-8-11)9-16-10(2)3/h7-8,10,13H,4-6,9H2,1-3H3. The van der Waals surface area contributed by atoms with Crippen LogP contribution in [0.1, 0.15) is 38.6 Å². The first-order valence-electron chi connectivity index (χ1n) is 5.84. The fraction of sp³-hybridized carbons (Fsp3) is 0.667. The van der Waals surface area contributed by atoms with E-state index in [0.29, 0.717) is 5.25 Å². The van der Waals surface area contributed by atoms with E-state index in [1.54, 1.807) is 0 Å². The van der Waals surface area contributed by atoms with E-state index >= 15 is 0 Å². The molecular weight excluding hydrogens is 218 g/mol. The van der Waals surface area contributed by atoms with E-state index in [0.717, 1.165) is 36.7 Å². The molecule has 1 aromatic heterocycles. The third-order valence-corrected chi connectivity index (χ3v) is 3.15. The van der Waals surface area contributed by atoms with Gasteiger partial charge < -0.3 is 5.32 Å². The molecule has 0 bridgehead atoms. The molecule has 0 saturated carbocycles. The molecule has 0 spiro atoms. The quantitative estimate of drug-likeness (QED) is 0.742. The lowest BCUT2D eigenvalue weighted by molar-refractivity contribution is 0.671. The number of hydrogen-bond donors (Lipinski definition) is 1. The summed E-state index contributed by atoms with van der Waals surface area (Å²) >= 11 is 1.87. The van der Waals surface area contributed by atoms with Crippen molar-refractivity contribution in [1.29, 1.82) is 0 Å². The SMILES string of the molecule is CCCNCc1cnc(CSC(C)C)nc1. The molecule has 3 nitrogen and oxygen atoms in total. The molecule has 90 valence electrons. The van der Waals surface area contributed by atoms with Gasteiger partial charge in [0.25, 0.3) is 0 Å². The van der Waals surface area contributed by atoms with Crippen LogP contribution in [0.25, 0.3) is 0 Å². The van der Waals surface area contributed by atoms with Gasteiger partial charge in [0.1, 0.15) is 5.82 Å². The molecule has 0 unspecified atom stereocenters. The normalized spacial score (nSPS) is 11.0. The molecule has 0 aromatic carbocycles. The summed E-state index contributed by atoms with van der Waals surface area (Å²) in [5.74, 6) is 1.83. The second-order valence-corrected chi connectivity index (χ2v) is 5.61. The molecule has 1 heterocycles. The van der Waals surface area contributed by atoms with E-state index in [9.17, 15) is 0 Å². The van der Waals surface area contributed by atoms with E-state index in [1.165, 1.54) is 0 Å². The van der Waals surface area contributed by atoms with Crippen molar-refractivity contribution in [2.24, 2.45) is 0 Å². The Hall–Kier alpha value is -0.610. The van der Waals surface area contributed by atoms with Crippen molar-refractivity contribution >= 4 is 11.8 Å². The largest absolute Gasteiger partial charge is 0.313 e. The minimum absolute atomic E-state index is 0.634. The molecule has 16 heavy (non-hydrogen) atoms. The first kappa shape index (κ1) is 13.5. The minimum atomic E-state index is 0.634. The summed E-state index contributed by atoms with van der Waals surface area (Å²) in [5, 5.41) is 3.97. The Morgan fingerprint density at radius 3 is 2.56 bits per heavy atom. The monoisotopic (exact) mass is 239 g/mol. The van der Waals surface area contributed by atoms with Gasteiger partial charge in [0.05, 0.1) is 5.75 Å². The molecule has 0 aliphatic heterocycles. The lowest BCUT2D eigenvalue weighted by Gasteiger charge is -2.05. The van der Waals surface area contributed by atoms with Crippen molar-refractivity contribution in [3.63, 3.8) is 0 Å². The van der Waals surface area contributed by atoms with Gasteiger partial charge in [0, 0.05) is 24.5 Å². The van der Waals surface area contributed by atoms with Crippen LogP contribution >= 0.6 is 11.8 Å². The summed E-state index contributed by atoms with van der Waals surface area (Å²) in [6.45, 7) is 8.45. The summed E-state index contributed by atoms with van der Waals surface area (Å²) in [6, 6.07) is 0. The van der Waals surface area contributed by atoms with Crippen molar-refractivity contribution in [2.45, 2.75) is 44.7 Å². The highest BCUT2D eigenvalue weighted by Crippen LogP contribution is 2.13. The molecule has 0 radical (unpaired) electrons. The summed E-state index contributed by atoms with van der Waals surface area (Å²) in [7, 11) is 0. The van der Waals surface area contributed by atoms with Crippen molar-refractivity contribution in [2.75, 3.05) is 6.54 Å². The number of aromatic nitrogens is 2. The van der Waals surface area contributed by atoms with Crippen LogP contribution in [0.3, 0.4) is 0 Å². The van der Waals surface area contributed by atoms with Crippen LogP contribution in [0.15, 0.2) is 12.4 Å². The highest BCUT2D eigenvalue weighted by Gasteiger charge is 2.00. The zero-order valence-corrected chi connectivity index (χ0v) is 11.2. The number of thioether (sulfide) groups is 1. The lowest BCUT2D eigenvalue weighted by Crippen LogP contribution is -2.14. The average molecular weight is 239 g/mol. The third kappa shape index (κ3) is 5.47. The number of nitrogens with zero attached hydrogens (tertiary/aromatic N) is 2. The summed E-state index contributed by atoms with van der Waals surface area (Å²) < 4.78 is 0. The van der Waals surface area contributed by atoms with E-state index in [1.807, 2.05) is 24.2 Å². The van der Waals surface area contributed by atoms with Crippen molar-refractivity contribution < 1.29 is 0 Å². The first-order chi connectivity index (χ1) is 7.72. The molecule has 0 fully saturated rings. The zero-order valence-electron chi connectivity index (χ0n) is 10.4. The Labute approximate surface area is 102 Å². The van der Waals surface area contributed by atoms with Crippen LogP contribution in [-0.4, -0.2) is 21.8 Å². The van der Waals surface area contributed by atoms with E-state index < -0.39 is 0 Å². The van der Waals surface area contributed by atoms with Gasteiger partial charge in [-0.05, 0) is 18.2 Å². The van der Waals surface area contributed by atoms with Crippen LogP contribution < -0.4 is 5.32 Å². The van der Waals surface area contributed by atoms with Crippen LogP contribution in [-0.2, 0) is 12.3 Å². The van der Waals surface area contributed by atoms with Crippen molar-refractivity contribution in [3.8, 4) is 0 Å². The molecule has 1 rings (SSSR count). The Morgan fingerprint density at radius 2 is 2.00 bits per heavy atom. The first-order valence-corrected chi connectivity index (χ1v) is 6.89. The molecule has 4 heteroatoms. The third-order valence-electron chi connectivity index (χ3n) is 2.06. The van der Waals surface area contributed by atoms with Crippen LogP contribution in [0.5, 0.6) is 0 Å². The topological polar surface area (TPSA) is 37.8 Å². The molecule has 1 N–H and O–H groups in total. The smallest absolute Gasteiger partial charge is 0.138 e. The van der Waals surface area contributed by atoms with Gasteiger partial charge in [0.2, 0.25) is 0 Å². The van der Waals surface area contributed by atoms with Gasteiger partial charge >= 0.3 is 0 Å². The lowest BCUT2D eigenvalue weighted by atomic mass is 10.3. The maximum Gasteiger partial charge on any atom is 0.138 e. The molecule has 0 atom stereocenters. The highest BCUT2D eigenvalue weighted by molar-refractivity contribution is 7.99. The zero-order chi connectivity index (χ0) is 11.8. The number of nitrogens with one attached hydrogen (secondary N) is 1. The fourth-order valence-electron chi connectivity index (χ4n) is 1.20. The molecule has 0 amide bonds. The van der Waals surface area contributed by atoms with Gasteiger partial charge in [0.15, 0.2) is 0 Å². The summed E-state index contributed by atoms with van der Waals surface area (Å²) in [4.78, 5) is 8.71. The van der Waals surface area contributed by atoms with Gasteiger partial charge in [-0.15, -0.1) is 0 Å². The second kappa shape index (κ2) is 7.63. The van der Waals surface area contributed by atoms with Gasteiger partial charge in [-0.1, -0.05) is 20.8 Å². The van der Waals surface area contributed by atoms with Crippen LogP contribution in [0.2, 0.25) is 0 Å². The van der Waals surface area contributed by atoms with Gasteiger partial charge in [-0.3, -0.25) is 0 Å². The molecule has 0 aliphatic rings. The summed E-state index contributed by atoms with van der Waals surface area (Å²) in [5.41, 5.74) is 1.16. The maximum absolute atomic E-state index is 4.36. The predicted octanol–water partition coefficient (Wildman–Crippen LogP) is 2.62. The van der Waals surface area contributed by atoms with Gasteiger partial charge in [-0.2, -0.15) is 11.8 Å². The molecule has 1 aromatic rings. The number of rotatable bonds is 7. The predicted molar refractivity (Wildman–Crippen MR) is 70.5 cm³/mol. The maximum atomic E-state index is 4.36. The average Bonchev–Trinajstić information content (AvgIpc) is 2.28. The minimum Gasteiger partial charge on any atom is -0.313 e. The van der Waals surface area contributed by atoms with Crippen LogP contribution in [0.4, 0.5) is 0 Å². The highest BCUT2D eigenvalue weighted by atomic mass is 32.2. The Kier molecular flexibility index (Phi) is 6.42. The van der Waals surface area contributed by atoms with Gasteiger partial charge in [-0.25, -0.2) is 9.97 Å². The number of hydrogen-bond acceptors (Lipinski definition) is 4. The van der Waals surface area contributed by atoms with E-state index in [4.69, 9.17) is 0 Å². The Balaban J connectivity index is 2.35. The molecule has 0 saturated heterocycles. The van der Waals surface area contributed by atoms with Crippen molar-refractivity contribution in [3.05, 3.63) is 23.8 Å². The van der Waals surface area contributed by atoms with Crippen molar-refractivity contribution in [1.82, 2.24) is 15.3 Å². The Bertz CT molecular complexity index is 285. The summed E-state index contributed by atoms with van der Waals surface area (Å²) in [6.07, 6.45) is 5.00. The second-order valence-electron chi connectivity index (χ2n) is 4.04. The van der Waals surface area contributed by atoms with E-state index in [2.05, 4.69) is 36.1 Å². The molecule has 0 aliphatic carbocycles. The van der Waals surface area contributed by atoms with E-state index in [-0.39, 0.29) is 0 Å².